The van der Waals surface area contributed by atoms with E-state index >= 15 is 0 Å². The number of hydrogen-bond donors (Lipinski definition) is 0. The number of ether oxygens (including phenoxy) is 2. The third-order valence-corrected chi connectivity index (χ3v) is 3.43. The Kier molecular flexibility index (Phi) is 5.40. The fraction of sp³-hybridized carbons (Fsp3) is 0.923. The largest absolute Gasteiger partial charge is 0.444 e. The Hall–Kier alpha value is -0.593. The molecule has 0 bridgehead atoms. The summed E-state index contributed by atoms with van der Waals surface area (Å²) in [6.07, 6.45) is 0.147. The Morgan fingerprint density at radius 1 is 1.26 bits per heavy atom. The number of nitrogens with zero attached hydrogens (tertiary/aromatic N) is 1. The molecule has 0 aromatic heterocycles. The lowest BCUT2D eigenvalue weighted by Gasteiger charge is -2.35. The van der Waals surface area contributed by atoms with Gasteiger partial charge in [-0.1, -0.05) is 0 Å². The summed E-state index contributed by atoms with van der Waals surface area (Å²) in [5.74, 6) is 0. The summed E-state index contributed by atoms with van der Waals surface area (Å²) >= 11 is 0. The van der Waals surface area contributed by atoms with Gasteiger partial charge in [0.15, 0.2) is 8.32 Å². The zero-order chi connectivity index (χ0) is 14.7. The van der Waals surface area contributed by atoms with E-state index < -0.39 is 13.9 Å². The molecular formula is C13H27NO4Si. The molecule has 0 aliphatic carbocycles. The van der Waals surface area contributed by atoms with Crippen molar-refractivity contribution in [2.75, 3.05) is 19.8 Å². The molecule has 0 aromatic carbocycles. The van der Waals surface area contributed by atoms with Crippen LogP contribution in [0.5, 0.6) is 0 Å². The van der Waals surface area contributed by atoms with Crippen LogP contribution in [-0.4, -0.2) is 50.9 Å². The second-order valence-electron chi connectivity index (χ2n) is 6.76. The normalized spacial score (nSPS) is 22.0. The summed E-state index contributed by atoms with van der Waals surface area (Å²) in [6, 6.07) is 0. The van der Waals surface area contributed by atoms with E-state index in [4.69, 9.17) is 13.9 Å². The Morgan fingerprint density at radius 3 is 2.42 bits per heavy atom. The third-order valence-electron chi connectivity index (χ3n) is 2.45. The first-order chi connectivity index (χ1) is 8.58. The highest BCUT2D eigenvalue weighted by molar-refractivity contribution is 6.69. The quantitative estimate of drug-likeness (QED) is 0.733. The van der Waals surface area contributed by atoms with Gasteiger partial charge in [0.2, 0.25) is 0 Å². The highest BCUT2D eigenvalue weighted by atomic mass is 28.4. The van der Waals surface area contributed by atoms with Crippen LogP contribution in [0.15, 0.2) is 0 Å². The van der Waals surface area contributed by atoms with Gasteiger partial charge in [-0.3, -0.25) is 4.90 Å². The van der Waals surface area contributed by atoms with Crippen LogP contribution in [0.25, 0.3) is 0 Å². The summed E-state index contributed by atoms with van der Waals surface area (Å²) in [5, 5.41) is 0. The van der Waals surface area contributed by atoms with Crippen molar-refractivity contribution in [2.24, 2.45) is 0 Å². The Bertz CT molecular complexity index is 309. The van der Waals surface area contributed by atoms with Crippen molar-refractivity contribution in [3.8, 4) is 0 Å². The van der Waals surface area contributed by atoms with Crippen molar-refractivity contribution < 1.29 is 18.7 Å². The Balaban J connectivity index is 2.76. The van der Waals surface area contributed by atoms with Gasteiger partial charge < -0.3 is 13.9 Å². The van der Waals surface area contributed by atoms with Gasteiger partial charge in [0.05, 0.1) is 13.2 Å². The topological polar surface area (TPSA) is 48.0 Å². The first-order valence-electron chi connectivity index (χ1n) is 6.84. The van der Waals surface area contributed by atoms with Gasteiger partial charge in [-0.15, -0.1) is 0 Å². The molecule has 1 saturated heterocycles. The van der Waals surface area contributed by atoms with E-state index in [0.717, 1.165) is 0 Å². The predicted molar refractivity (Wildman–Crippen MR) is 76.6 cm³/mol. The van der Waals surface area contributed by atoms with Crippen LogP contribution in [0.4, 0.5) is 4.79 Å². The molecule has 1 aliphatic heterocycles. The van der Waals surface area contributed by atoms with Crippen LogP contribution in [0.2, 0.25) is 19.6 Å². The molecule has 1 aliphatic rings. The minimum atomic E-state index is -1.72. The van der Waals surface area contributed by atoms with Crippen molar-refractivity contribution in [1.82, 2.24) is 4.90 Å². The highest BCUT2D eigenvalue weighted by Crippen LogP contribution is 2.19. The summed E-state index contributed by atoms with van der Waals surface area (Å²) in [7, 11) is -1.72. The lowest BCUT2D eigenvalue weighted by Crippen LogP contribution is -2.48. The van der Waals surface area contributed by atoms with Crippen LogP contribution >= 0.6 is 0 Å². The molecule has 1 fully saturated rings. The molecule has 0 aromatic rings. The molecular weight excluding hydrogens is 262 g/mol. The van der Waals surface area contributed by atoms with Crippen LogP contribution in [0, 0.1) is 0 Å². The fourth-order valence-corrected chi connectivity index (χ4v) is 2.87. The molecule has 1 atom stereocenters. The van der Waals surface area contributed by atoms with Crippen molar-refractivity contribution in [3.05, 3.63) is 0 Å². The van der Waals surface area contributed by atoms with E-state index in [2.05, 4.69) is 19.6 Å². The van der Waals surface area contributed by atoms with Crippen LogP contribution < -0.4 is 0 Å². The Labute approximate surface area is 117 Å². The van der Waals surface area contributed by atoms with Crippen LogP contribution in [-0.2, 0) is 13.9 Å². The van der Waals surface area contributed by atoms with Gasteiger partial charge in [0, 0.05) is 13.0 Å². The van der Waals surface area contributed by atoms with E-state index in [0.29, 0.717) is 26.2 Å². The van der Waals surface area contributed by atoms with E-state index in [1.807, 2.05) is 20.8 Å². The first kappa shape index (κ1) is 16.5. The van der Waals surface area contributed by atoms with Gasteiger partial charge in [-0.25, -0.2) is 4.79 Å². The smallest absolute Gasteiger partial charge is 0.412 e. The average Bonchev–Trinajstić information content (AvgIpc) is 2.37. The maximum atomic E-state index is 12.2. The van der Waals surface area contributed by atoms with Crippen molar-refractivity contribution in [1.29, 1.82) is 0 Å². The molecule has 0 radical (unpaired) electrons. The summed E-state index contributed by atoms with van der Waals surface area (Å²) in [4.78, 5) is 13.9. The van der Waals surface area contributed by atoms with E-state index in [-0.39, 0.29) is 12.3 Å². The maximum Gasteiger partial charge on any atom is 0.412 e. The van der Waals surface area contributed by atoms with Gasteiger partial charge >= 0.3 is 6.09 Å². The number of rotatable bonds is 2. The average molecular weight is 289 g/mol. The minimum Gasteiger partial charge on any atom is -0.444 e. The van der Waals surface area contributed by atoms with E-state index in [9.17, 15) is 4.79 Å². The lowest BCUT2D eigenvalue weighted by atomic mass is 10.2. The number of carbonyl (C=O) groups excluding carboxylic acids is 1. The van der Waals surface area contributed by atoms with Crippen LogP contribution in [0.3, 0.4) is 0 Å². The van der Waals surface area contributed by atoms with Crippen molar-refractivity contribution in [3.63, 3.8) is 0 Å². The molecule has 5 nitrogen and oxygen atoms in total. The highest BCUT2D eigenvalue weighted by Gasteiger charge is 2.33. The monoisotopic (exact) mass is 289 g/mol. The summed E-state index contributed by atoms with van der Waals surface area (Å²) in [6.45, 7) is 13.6. The maximum absolute atomic E-state index is 12.2. The van der Waals surface area contributed by atoms with E-state index in [1.165, 1.54) is 0 Å². The van der Waals surface area contributed by atoms with Crippen molar-refractivity contribution >= 4 is 14.4 Å². The fourth-order valence-electron chi connectivity index (χ4n) is 1.81. The number of amides is 1. The van der Waals surface area contributed by atoms with Crippen LogP contribution in [0.1, 0.15) is 27.2 Å². The van der Waals surface area contributed by atoms with Crippen molar-refractivity contribution in [2.45, 2.75) is 58.7 Å². The minimum absolute atomic E-state index is 0.232. The molecule has 19 heavy (non-hydrogen) atoms. The molecule has 1 unspecified atom stereocenters. The number of carbonyl (C=O) groups is 1. The molecule has 112 valence electrons. The molecule has 1 rings (SSSR count). The zero-order valence-corrected chi connectivity index (χ0v) is 14.0. The Morgan fingerprint density at radius 2 is 1.89 bits per heavy atom. The number of hydrogen-bond acceptors (Lipinski definition) is 4. The van der Waals surface area contributed by atoms with Gasteiger partial charge in [-0.05, 0) is 40.4 Å². The standard InChI is InChI=1S/C13H27NO4Si/c1-13(2,3)17-12(15)14-8-10-16-9-7-11(14)18-19(4,5)6/h11H,7-10H2,1-6H3. The third kappa shape index (κ3) is 6.40. The molecule has 0 N–H and O–H groups in total. The predicted octanol–water partition coefficient (Wildman–Crippen LogP) is 2.82. The van der Waals surface area contributed by atoms with E-state index in [1.54, 1.807) is 4.90 Å². The lowest BCUT2D eigenvalue weighted by molar-refractivity contribution is -0.0205. The molecule has 1 amide bonds. The zero-order valence-electron chi connectivity index (χ0n) is 13.0. The van der Waals surface area contributed by atoms with Gasteiger partial charge in [0.1, 0.15) is 11.8 Å². The van der Waals surface area contributed by atoms with Gasteiger partial charge in [-0.2, -0.15) is 0 Å². The van der Waals surface area contributed by atoms with Gasteiger partial charge in [0.25, 0.3) is 0 Å². The second-order valence-corrected chi connectivity index (χ2v) is 11.2. The second kappa shape index (κ2) is 6.24. The summed E-state index contributed by atoms with van der Waals surface area (Å²) < 4.78 is 17.0. The molecule has 0 saturated carbocycles. The first-order valence-corrected chi connectivity index (χ1v) is 10.2. The SMILES string of the molecule is CC(C)(C)OC(=O)N1CCOCCC1O[Si](C)(C)C. The molecule has 6 heteroatoms. The summed E-state index contributed by atoms with van der Waals surface area (Å²) in [5.41, 5.74) is -0.492. The molecule has 0 spiro atoms. The molecule has 1 heterocycles.